The zero-order valence-corrected chi connectivity index (χ0v) is 20.5. The van der Waals surface area contributed by atoms with E-state index in [1.165, 1.54) is 13.1 Å². The standard InChI is InChI=1S/C25H23ClN4O4S/c1-2-35(32,33)25-27-15-22(23(29-25)24(31)28-20-12-10-19(26)11-13-20)30(17-21-9-6-14-34-21)16-18-7-4-3-5-8-18/h3-15H,2,16-17H2,1H3,(H,28,31). The summed E-state index contributed by atoms with van der Waals surface area (Å²) in [5.74, 6) is -0.102. The molecule has 0 aliphatic rings. The number of halogens is 1. The molecule has 4 rings (SSSR count). The first-order valence-electron chi connectivity index (χ1n) is 10.8. The molecule has 0 bridgehead atoms. The van der Waals surface area contributed by atoms with Gasteiger partial charge in [-0.3, -0.25) is 4.79 Å². The van der Waals surface area contributed by atoms with E-state index in [4.69, 9.17) is 16.0 Å². The molecule has 0 saturated carbocycles. The monoisotopic (exact) mass is 510 g/mol. The van der Waals surface area contributed by atoms with Crippen LogP contribution in [0.3, 0.4) is 0 Å². The Bertz CT molecular complexity index is 1390. The number of benzene rings is 2. The summed E-state index contributed by atoms with van der Waals surface area (Å²) >= 11 is 5.95. The first kappa shape index (κ1) is 24.4. The summed E-state index contributed by atoms with van der Waals surface area (Å²) in [5, 5.41) is 2.89. The van der Waals surface area contributed by atoms with Crippen LogP contribution >= 0.6 is 11.6 Å². The highest BCUT2D eigenvalue weighted by Gasteiger charge is 2.25. The van der Waals surface area contributed by atoms with E-state index >= 15 is 0 Å². The Labute approximate surface area is 208 Å². The van der Waals surface area contributed by atoms with Crippen LogP contribution < -0.4 is 10.2 Å². The fraction of sp³-hybridized carbons (Fsp3) is 0.160. The molecule has 1 amide bonds. The predicted molar refractivity (Wildman–Crippen MR) is 134 cm³/mol. The highest BCUT2D eigenvalue weighted by atomic mass is 35.5. The molecule has 0 saturated heterocycles. The smallest absolute Gasteiger partial charge is 0.276 e. The van der Waals surface area contributed by atoms with Gasteiger partial charge in [-0.1, -0.05) is 48.9 Å². The van der Waals surface area contributed by atoms with Crippen molar-refractivity contribution in [2.75, 3.05) is 16.0 Å². The van der Waals surface area contributed by atoms with Gasteiger partial charge in [-0.05, 0) is 42.0 Å². The second-order valence-corrected chi connectivity index (χ2v) is 10.3. The zero-order chi connectivity index (χ0) is 24.8. The molecule has 0 spiro atoms. The van der Waals surface area contributed by atoms with Crippen molar-refractivity contribution in [3.8, 4) is 0 Å². The molecule has 0 atom stereocenters. The average molecular weight is 511 g/mol. The third-order valence-corrected chi connectivity index (χ3v) is 6.97. The summed E-state index contributed by atoms with van der Waals surface area (Å²) in [6.07, 6.45) is 2.94. The van der Waals surface area contributed by atoms with E-state index in [9.17, 15) is 13.2 Å². The third kappa shape index (κ3) is 6.06. The van der Waals surface area contributed by atoms with Crippen molar-refractivity contribution in [1.82, 2.24) is 9.97 Å². The number of nitrogens with one attached hydrogen (secondary N) is 1. The largest absolute Gasteiger partial charge is 0.467 e. The van der Waals surface area contributed by atoms with E-state index in [0.29, 0.717) is 35.2 Å². The number of carbonyl (C=O) groups is 1. The maximum Gasteiger partial charge on any atom is 0.276 e. The quantitative estimate of drug-likeness (QED) is 0.317. The van der Waals surface area contributed by atoms with Gasteiger partial charge in [0.15, 0.2) is 5.69 Å². The van der Waals surface area contributed by atoms with Crippen LogP contribution in [0.25, 0.3) is 0 Å². The molecule has 0 radical (unpaired) electrons. The zero-order valence-electron chi connectivity index (χ0n) is 18.9. The van der Waals surface area contributed by atoms with Crippen LogP contribution in [0.4, 0.5) is 11.4 Å². The lowest BCUT2D eigenvalue weighted by atomic mass is 10.2. The molecule has 10 heteroatoms. The molecular formula is C25H23ClN4O4S. The number of furan rings is 1. The lowest BCUT2D eigenvalue weighted by Crippen LogP contribution is -2.27. The van der Waals surface area contributed by atoms with Gasteiger partial charge >= 0.3 is 0 Å². The van der Waals surface area contributed by atoms with Crippen LogP contribution in [0.15, 0.2) is 88.8 Å². The minimum atomic E-state index is -3.74. The molecule has 2 heterocycles. The van der Waals surface area contributed by atoms with Gasteiger partial charge in [0.1, 0.15) is 5.76 Å². The minimum absolute atomic E-state index is 0.0653. The minimum Gasteiger partial charge on any atom is -0.467 e. The van der Waals surface area contributed by atoms with E-state index in [0.717, 1.165) is 5.56 Å². The molecule has 2 aromatic heterocycles. The number of sulfone groups is 1. The highest BCUT2D eigenvalue weighted by molar-refractivity contribution is 7.91. The molecule has 8 nitrogen and oxygen atoms in total. The number of anilines is 2. The van der Waals surface area contributed by atoms with Crippen LogP contribution in [0.2, 0.25) is 5.02 Å². The SMILES string of the molecule is CCS(=O)(=O)c1ncc(N(Cc2ccccc2)Cc2ccco2)c(C(=O)Nc2ccc(Cl)cc2)n1. The number of hydrogen-bond acceptors (Lipinski definition) is 7. The van der Waals surface area contributed by atoms with Crippen LogP contribution in [-0.4, -0.2) is 30.0 Å². The second-order valence-electron chi connectivity index (χ2n) is 7.67. The summed E-state index contributed by atoms with van der Waals surface area (Å²) in [5.41, 5.74) is 1.77. The number of carbonyl (C=O) groups excluding carboxylic acids is 1. The van der Waals surface area contributed by atoms with Gasteiger partial charge in [0, 0.05) is 17.3 Å². The number of hydrogen-bond donors (Lipinski definition) is 1. The van der Waals surface area contributed by atoms with Crippen molar-refractivity contribution >= 4 is 38.7 Å². The Morgan fingerprint density at radius 1 is 1.03 bits per heavy atom. The summed E-state index contributed by atoms with van der Waals surface area (Å²) < 4.78 is 30.5. The van der Waals surface area contributed by atoms with E-state index in [1.807, 2.05) is 41.3 Å². The number of aromatic nitrogens is 2. The van der Waals surface area contributed by atoms with E-state index in [-0.39, 0.29) is 11.4 Å². The van der Waals surface area contributed by atoms with Gasteiger partial charge in [0.2, 0.25) is 15.0 Å². The first-order chi connectivity index (χ1) is 16.9. The Kier molecular flexibility index (Phi) is 7.48. The second kappa shape index (κ2) is 10.7. The van der Waals surface area contributed by atoms with Gasteiger partial charge in [0.05, 0.1) is 30.4 Å². The Balaban J connectivity index is 1.78. The molecule has 4 aromatic rings. The molecule has 180 valence electrons. The van der Waals surface area contributed by atoms with Crippen molar-refractivity contribution in [2.45, 2.75) is 25.2 Å². The molecular weight excluding hydrogens is 488 g/mol. The fourth-order valence-electron chi connectivity index (χ4n) is 3.38. The van der Waals surface area contributed by atoms with Gasteiger partial charge in [-0.25, -0.2) is 18.4 Å². The third-order valence-electron chi connectivity index (χ3n) is 5.21. The van der Waals surface area contributed by atoms with Crippen LogP contribution in [0, 0.1) is 0 Å². The summed E-state index contributed by atoms with van der Waals surface area (Å²) in [4.78, 5) is 23.6. The van der Waals surface area contributed by atoms with E-state index in [2.05, 4.69) is 15.3 Å². The van der Waals surface area contributed by atoms with Crippen molar-refractivity contribution in [3.63, 3.8) is 0 Å². The molecule has 35 heavy (non-hydrogen) atoms. The summed E-state index contributed by atoms with van der Waals surface area (Å²) in [6.45, 7) is 2.22. The van der Waals surface area contributed by atoms with Crippen LogP contribution in [-0.2, 0) is 22.9 Å². The van der Waals surface area contributed by atoms with Crippen molar-refractivity contribution in [1.29, 1.82) is 0 Å². The molecule has 1 N–H and O–H groups in total. The van der Waals surface area contributed by atoms with Crippen molar-refractivity contribution < 1.29 is 17.6 Å². The molecule has 0 aliphatic heterocycles. The van der Waals surface area contributed by atoms with Crippen molar-refractivity contribution in [3.05, 3.63) is 101 Å². The molecule has 0 unspecified atom stereocenters. The van der Waals surface area contributed by atoms with Gasteiger partial charge in [0.25, 0.3) is 5.91 Å². The number of nitrogens with zero attached hydrogens (tertiary/aromatic N) is 3. The predicted octanol–water partition coefficient (Wildman–Crippen LogP) is 4.98. The first-order valence-corrected chi connectivity index (χ1v) is 12.9. The fourth-order valence-corrected chi connectivity index (χ4v) is 4.21. The molecule has 0 aliphatic carbocycles. The maximum absolute atomic E-state index is 13.4. The molecule has 2 aromatic carbocycles. The van der Waals surface area contributed by atoms with E-state index in [1.54, 1.807) is 36.6 Å². The number of rotatable bonds is 9. The summed E-state index contributed by atoms with van der Waals surface area (Å²) in [6, 6.07) is 19.8. The Morgan fingerprint density at radius 3 is 2.43 bits per heavy atom. The Hall–Kier alpha value is -3.69. The van der Waals surface area contributed by atoms with Gasteiger partial charge in [-0.2, -0.15) is 0 Å². The normalized spacial score (nSPS) is 11.3. The maximum atomic E-state index is 13.4. The van der Waals surface area contributed by atoms with Crippen LogP contribution in [0.1, 0.15) is 28.7 Å². The average Bonchev–Trinajstić information content (AvgIpc) is 3.38. The van der Waals surface area contributed by atoms with Gasteiger partial charge in [-0.15, -0.1) is 0 Å². The number of amides is 1. The topological polar surface area (TPSA) is 105 Å². The highest BCUT2D eigenvalue weighted by Crippen LogP contribution is 2.26. The van der Waals surface area contributed by atoms with Crippen LogP contribution in [0.5, 0.6) is 0 Å². The van der Waals surface area contributed by atoms with E-state index < -0.39 is 20.9 Å². The Morgan fingerprint density at radius 2 is 1.77 bits per heavy atom. The van der Waals surface area contributed by atoms with Gasteiger partial charge < -0.3 is 14.6 Å². The van der Waals surface area contributed by atoms with Crippen molar-refractivity contribution in [2.24, 2.45) is 0 Å². The molecule has 0 fully saturated rings. The summed E-state index contributed by atoms with van der Waals surface area (Å²) in [7, 11) is -3.74. The lowest BCUT2D eigenvalue weighted by Gasteiger charge is -2.25. The lowest BCUT2D eigenvalue weighted by molar-refractivity contribution is 0.102.